The minimum absolute atomic E-state index is 0.372. The van der Waals surface area contributed by atoms with Gasteiger partial charge in [0.05, 0.1) is 0 Å². The van der Waals surface area contributed by atoms with E-state index in [0.717, 1.165) is 0 Å². The first-order chi connectivity index (χ1) is 7.77. The van der Waals surface area contributed by atoms with E-state index in [-0.39, 0.29) is 5.60 Å². The van der Waals surface area contributed by atoms with Crippen molar-refractivity contribution in [3.63, 3.8) is 0 Å². The van der Waals surface area contributed by atoms with Crippen molar-refractivity contribution < 1.29 is 4.74 Å². The van der Waals surface area contributed by atoms with Crippen molar-refractivity contribution in [3.8, 4) is 0 Å². The molecular weight excluding hydrogens is 196 g/mol. The molecule has 0 heterocycles. The van der Waals surface area contributed by atoms with Crippen molar-refractivity contribution in [1.29, 1.82) is 0 Å². The van der Waals surface area contributed by atoms with Gasteiger partial charge in [-0.3, -0.25) is 0 Å². The zero-order chi connectivity index (χ0) is 11.4. The lowest BCUT2D eigenvalue weighted by molar-refractivity contribution is 0.0391. The van der Waals surface area contributed by atoms with Gasteiger partial charge in [0.2, 0.25) is 0 Å². The Kier molecular flexibility index (Phi) is 3.07. The van der Waals surface area contributed by atoms with Crippen LogP contribution in [0.5, 0.6) is 0 Å². The van der Waals surface area contributed by atoms with Crippen LogP contribution in [0.3, 0.4) is 0 Å². The standard InChI is InChI=1S/C15H16O/c1-15(16-2,13-9-5-3-6-10-13)14-11-7-4-8-12-14/h3-12H,1-2H3. The molecule has 0 unspecified atom stereocenters. The van der Waals surface area contributed by atoms with E-state index in [4.69, 9.17) is 4.74 Å². The zero-order valence-electron chi connectivity index (χ0n) is 9.68. The van der Waals surface area contributed by atoms with Gasteiger partial charge >= 0.3 is 0 Å². The van der Waals surface area contributed by atoms with Gasteiger partial charge < -0.3 is 4.74 Å². The fourth-order valence-electron chi connectivity index (χ4n) is 1.91. The molecular formula is C15H16O. The quantitative estimate of drug-likeness (QED) is 0.755. The SMILES string of the molecule is COC(C)(c1ccccc1)c1ccccc1. The summed E-state index contributed by atoms with van der Waals surface area (Å²) in [6, 6.07) is 20.6. The van der Waals surface area contributed by atoms with E-state index in [1.54, 1.807) is 7.11 Å². The van der Waals surface area contributed by atoms with Gasteiger partial charge in [0, 0.05) is 7.11 Å². The fourth-order valence-corrected chi connectivity index (χ4v) is 1.91. The summed E-state index contributed by atoms with van der Waals surface area (Å²) >= 11 is 0. The third-order valence-corrected chi connectivity index (χ3v) is 3.06. The molecule has 2 aromatic rings. The first-order valence-electron chi connectivity index (χ1n) is 5.43. The third-order valence-electron chi connectivity index (χ3n) is 3.06. The molecule has 0 radical (unpaired) electrons. The van der Waals surface area contributed by atoms with Crippen molar-refractivity contribution >= 4 is 0 Å². The largest absolute Gasteiger partial charge is 0.369 e. The van der Waals surface area contributed by atoms with E-state index >= 15 is 0 Å². The van der Waals surface area contributed by atoms with Gasteiger partial charge in [-0.1, -0.05) is 60.7 Å². The Bertz CT molecular complexity index is 394. The molecule has 2 rings (SSSR count). The highest BCUT2D eigenvalue weighted by atomic mass is 16.5. The maximum absolute atomic E-state index is 5.71. The Labute approximate surface area is 96.7 Å². The van der Waals surface area contributed by atoms with Gasteiger partial charge in [-0.05, 0) is 18.1 Å². The molecule has 0 fully saturated rings. The van der Waals surface area contributed by atoms with Gasteiger partial charge in [0.15, 0.2) is 0 Å². The normalized spacial score (nSPS) is 11.4. The number of rotatable bonds is 3. The van der Waals surface area contributed by atoms with E-state index in [9.17, 15) is 0 Å². The highest BCUT2D eigenvalue weighted by Crippen LogP contribution is 2.32. The maximum Gasteiger partial charge on any atom is 0.115 e. The van der Waals surface area contributed by atoms with Crippen LogP contribution in [-0.4, -0.2) is 7.11 Å². The second-order valence-corrected chi connectivity index (χ2v) is 3.97. The lowest BCUT2D eigenvalue weighted by Gasteiger charge is -2.29. The van der Waals surface area contributed by atoms with Gasteiger partial charge in [-0.15, -0.1) is 0 Å². The van der Waals surface area contributed by atoms with Gasteiger partial charge in [-0.25, -0.2) is 0 Å². The van der Waals surface area contributed by atoms with Crippen LogP contribution in [0.2, 0.25) is 0 Å². The molecule has 0 aliphatic heterocycles. The topological polar surface area (TPSA) is 9.23 Å². The highest BCUT2D eigenvalue weighted by Gasteiger charge is 2.27. The molecule has 0 aliphatic carbocycles. The summed E-state index contributed by atoms with van der Waals surface area (Å²) in [5.74, 6) is 0. The molecule has 0 aliphatic rings. The molecule has 16 heavy (non-hydrogen) atoms. The average molecular weight is 212 g/mol. The van der Waals surface area contributed by atoms with Crippen LogP contribution in [0.1, 0.15) is 18.1 Å². The van der Waals surface area contributed by atoms with Crippen LogP contribution >= 0.6 is 0 Å². The minimum atomic E-state index is -0.372. The number of benzene rings is 2. The molecule has 0 atom stereocenters. The Balaban J connectivity index is 2.49. The number of ether oxygens (including phenoxy) is 1. The lowest BCUT2D eigenvalue weighted by Crippen LogP contribution is -2.25. The second-order valence-electron chi connectivity index (χ2n) is 3.97. The smallest absolute Gasteiger partial charge is 0.115 e. The van der Waals surface area contributed by atoms with Gasteiger partial charge in [0.25, 0.3) is 0 Å². The number of hydrogen-bond donors (Lipinski definition) is 0. The van der Waals surface area contributed by atoms with Crippen LogP contribution in [0.25, 0.3) is 0 Å². The van der Waals surface area contributed by atoms with Crippen LogP contribution in [0, 0.1) is 0 Å². The monoisotopic (exact) mass is 212 g/mol. The molecule has 1 nitrogen and oxygen atoms in total. The molecule has 2 aromatic carbocycles. The summed E-state index contributed by atoms with van der Waals surface area (Å²) in [4.78, 5) is 0. The summed E-state index contributed by atoms with van der Waals surface area (Å²) in [7, 11) is 1.75. The lowest BCUT2D eigenvalue weighted by atomic mass is 9.88. The molecule has 0 aromatic heterocycles. The fraction of sp³-hybridized carbons (Fsp3) is 0.200. The van der Waals surface area contributed by atoms with Gasteiger partial charge in [-0.2, -0.15) is 0 Å². The van der Waals surface area contributed by atoms with E-state index in [1.807, 2.05) is 36.4 Å². The van der Waals surface area contributed by atoms with Crippen molar-refractivity contribution in [2.75, 3.05) is 7.11 Å². The molecule has 0 saturated heterocycles. The van der Waals surface area contributed by atoms with Crippen molar-refractivity contribution in [2.24, 2.45) is 0 Å². The summed E-state index contributed by atoms with van der Waals surface area (Å²) in [5.41, 5.74) is 1.97. The zero-order valence-corrected chi connectivity index (χ0v) is 9.68. The number of hydrogen-bond acceptors (Lipinski definition) is 1. The van der Waals surface area contributed by atoms with Crippen molar-refractivity contribution in [1.82, 2.24) is 0 Å². The summed E-state index contributed by atoms with van der Waals surface area (Å²) in [5, 5.41) is 0. The Morgan fingerprint density at radius 1 is 0.750 bits per heavy atom. The highest BCUT2D eigenvalue weighted by molar-refractivity contribution is 5.35. The molecule has 1 heteroatoms. The second kappa shape index (κ2) is 4.50. The molecule has 0 bridgehead atoms. The van der Waals surface area contributed by atoms with Crippen LogP contribution in [0.4, 0.5) is 0 Å². The summed E-state index contributed by atoms with van der Waals surface area (Å²) in [6.07, 6.45) is 0. The predicted molar refractivity (Wildman–Crippen MR) is 66.3 cm³/mol. The first-order valence-corrected chi connectivity index (χ1v) is 5.43. The third kappa shape index (κ3) is 1.86. The van der Waals surface area contributed by atoms with Gasteiger partial charge in [0.1, 0.15) is 5.60 Å². The van der Waals surface area contributed by atoms with E-state index in [0.29, 0.717) is 0 Å². The van der Waals surface area contributed by atoms with Crippen LogP contribution < -0.4 is 0 Å². The first kappa shape index (κ1) is 10.9. The van der Waals surface area contributed by atoms with E-state index < -0.39 is 0 Å². The molecule has 82 valence electrons. The number of methoxy groups -OCH3 is 1. The predicted octanol–water partition coefficient (Wildman–Crippen LogP) is 3.60. The Morgan fingerprint density at radius 2 is 1.12 bits per heavy atom. The molecule has 0 amide bonds. The Hall–Kier alpha value is -1.60. The molecule has 0 spiro atoms. The Morgan fingerprint density at radius 3 is 1.44 bits per heavy atom. The van der Waals surface area contributed by atoms with E-state index in [1.165, 1.54) is 11.1 Å². The van der Waals surface area contributed by atoms with Crippen LogP contribution in [-0.2, 0) is 10.3 Å². The van der Waals surface area contributed by atoms with E-state index in [2.05, 4.69) is 31.2 Å². The van der Waals surface area contributed by atoms with Crippen LogP contribution in [0.15, 0.2) is 60.7 Å². The summed E-state index contributed by atoms with van der Waals surface area (Å²) < 4.78 is 5.71. The average Bonchev–Trinajstić information content (AvgIpc) is 2.40. The molecule has 0 saturated carbocycles. The summed E-state index contributed by atoms with van der Waals surface area (Å²) in [6.45, 7) is 2.09. The minimum Gasteiger partial charge on any atom is -0.369 e. The van der Waals surface area contributed by atoms with Crippen molar-refractivity contribution in [2.45, 2.75) is 12.5 Å². The van der Waals surface area contributed by atoms with Crippen molar-refractivity contribution in [3.05, 3.63) is 71.8 Å². The molecule has 0 N–H and O–H groups in total. The maximum atomic E-state index is 5.71.